The molecule has 0 fully saturated rings. The topological polar surface area (TPSA) is 50.7 Å². The summed E-state index contributed by atoms with van der Waals surface area (Å²) in [5.41, 5.74) is 9.29. The molecule has 0 saturated heterocycles. The van der Waals surface area contributed by atoms with E-state index in [-0.39, 0.29) is 0 Å². The first-order valence-electron chi connectivity index (χ1n) is 5.64. The van der Waals surface area contributed by atoms with Crippen LogP contribution in [-0.4, -0.2) is 0 Å². The predicted molar refractivity (Wildman–Crippen MR) is 70.9 cm³/mol. The van der Waals surface area contributed by atoms with E-state index in [1.54, 1.807) is 0 Å². The minimum atomic E-state index is 0.733. The summed E-state index contributed by atoms with van der Waals surface area (Å²) >= 11 is 0. The summed E-state index contributed by atoms with van der Waals surface area (Å²) in [6.07, 6.45) is 1.04. The second-order valence-electron chi connectivity index (χ2n) is 3.81. The molecule has 0 unspecified atom stereocenters. The molecule has 0 atom stereocenters. The zero-order valence-corrected chi connectivity index (χ0v) is 9.80. The number of hydrogen-bond acceptors (Lipinski definition) is 3. The molecule has 86 valence electrons. The van der Waals surface area contributed by atoms with Crippen molar-refractivity contribution in [1.82, 2.24) is 0 Å². The second-order valence-corrected chi connectivity index (χ2v) is 3.81. The maximum atomic E-state index is 5.59. The van der Waals surface area contributed by atoms with Crippen molar-refractivity contribution in [2.24, 2.45) is 10.2 Å². The van der Waals surface area contributed by atoms with Gasteiger partial charge in [-0.25, -0.2) is 0 Å². The maximum absolute atomic E-state index is 5.59. The molecule has 2 aromatic carbocycles. The van der Waals surface area contributed by atoms with Gasteiger partial charge >= 0.3 is 0 Å². The molecule has 3 heteroatoms. The van der Waals surface area contributed by atoms with Crippen LogP contribution in [0.1, 0.15) is 12.5 Å². The molecule has 0 saturated carbocycles. The van der Waals surface area contributed by atoms with Gasteiger partial charge < -0.3 is 5.73 Å². The number of nitrogen functional groups attached to an aromatic ring is 1. The fourth-order valence-corrected chi connectivity index (χ4v) is 1.45. The quantitative estimate of drug-likeness (QED) is 0.616. The minimum Gasteiger partial charge on any atom is -0.399 e. The Kier molecular flexibility index (Phi) is 3.50. The summed E-state index contributed by atoms with van der Waals surface area (Å²) in [7, 11) is 0. The van der Waals surface area contributed by atoms with Gasteiger partial charge in [-0.2, -0.15) is 10.2 Å². The number of hydrogen-bond donors (Lipinski definition) is 1. The Morgan fingerprint density at radius 1 is 0.824 bits per heavy atom. The Morgan fingerprint density at radius 3 is 1.76 bits per heavy atom. The van der Waals surface area contributed by atoms with E-state index in [0.29, 0.717) is 0 Å². The van der Waals surface area contributed by atoms with Crippen molar-refractivity contribution in [3.8, 4) is 0 Å². The second kappa shape index (κ2) is 5.25. The predicted octanol–water partition coefficient (Wildman–Crippen LogP) is 4.25. The fourth-order valence-electron chi connectivity index (χ4n) is 1.45. The number of nitrogens with two attached hydrogens (primary N) is 1. The summed E-state index contributed by atoms with van der Waals surface area (Å²) < 4.78 is 0. The van der Waals surface area contributed by atoms with Gasteiger partial charge in [0.1, 0.15) is 0 Å². The fraction of sp³-hybridized carbons (Fsp3) is 0.143. The van der Waals surface area contributed by atoms with E-state index in [9.17, 15) is 0 Å². The highest BCUT2D eigenvalue weighted by molar-refractivity contribution is 5.48. The number of benzene rings is 2. The van der Waals surface area contributed by atoms with Crippen LogP contribution in [0.15, 0.2) is 58.8 Å². The van der Waals surface area contributed by atoms with Crippen LogP contribution in [0.5, 0.6) is 0 Å². The molecule has 0 spiro atoms. The number of anilines is 1. The molecule has 2 rings (SSSR count). The van der Waals surface area contributed by atoms with Gasteiger partial charge in [0.15, 0.2) is 0 Å². The molecule has 2 N–H and O–H groups in total. The van der Waals surface area contributed by atoms with E-state index in [1.807, 2.05) is 36.4 Å². The Bertz CT molecular complexity index is 498. The number of azo groups is 1. The van der Waals surface area contributed by atoms with Crippen LogP contribution in [0.25, 0.3) is 0 Å². The molecule has 0 amide bonds. The van der Waals surface area contributed by atoms with Crippen molar-refractivity contribution in [3.63, 3.8) is 0 Å². The zero-order chi connectivity index (χ0) is 12.1. The SMILES string of the molecule is CCc1ccc(N=Nc2ccc(N)cc2)cc1. The Hall–Kier alpha value is -2.16. The average Bonchev–Trinajstić information content (AvgIpc) is 2.39. The van der Waals surface area contributed by atoms with Gasteiger partial charge in [-0.1, -0.05) is 19.1 Å². The number of aryl methyl sites for hydroxylation is 1. The molecule has 0 radical (unpaired) electrons. The first-order valence-corrected chi connectivity index (χ1v) is 5.64. The molecule has 0 aliphatic carbocycles. The van der Waals surface area contributed by atoms with Crippen LogP contribution < -0.4 is 5.73 Å². The lowest BCUT2D eigenvalue weighted by atomic mass is 10.2. The third-order valence-corrected chi connectivity index (χ3v) is 2.52. The highest BCUT2D eigenvalue weighted by Gasteiger charge is 1.92. The van der Waals surface area contributed by atoms with E-state index in [0.717, 1.165) is 23.5 Å². The van der Waals surface area contributed by atoms with E-state index >= 15 is 0 Å². The lowest BCUT2D eigenvalue weighted by Crippen LogP contribution is -1.80. The van der Waals surface area contributed by atoms with Crippen molar-refractivity contribution in [3.05, 3.63) is 54.1 Å². The van der Waals surface area contributed by atoms with Crippen LogP contribution >= 0.6 is 0 Å². The summed E-state index contributed by atoms with van der Waals surface area (Å²) in [6, 6.07) is 15.4. The molecule has 0 aliphatic heterocycles. The molecule has 0 heterocycles. The molecular formula is C14H15N3. The van der Waals surface area contributed by atoms with E-state index in [4.69, 9.17) is 5.73 Å². The van der Waals surface area contributed by atoms with Crippen molar-refractivity contribution in [1.29, 1.82) is 0 Å². The lowest BCUT2D eigenvalue weighted by molar-refractivity contribution is 1.13. The van der Waals surface area contributed by atoms with Crippen molar-refractivity contribution < 1.29 is 0 Å². The van der Waals surface area contributed by atoms with Crippen molar-refractivity contribution in [2.45, 2.75) is 13.3 Å². The van der Waals surface area contributed by atoms with Crippen molar-refractivity contribution >= 4 is 17.1 Å². The number of nitrogens with zero attached hydrogens (tertiary/aromatic N) is 2. The van der Waals surface area contributed by atoms with E-state index in [1.165, 1.54) is 5.56 Å². The molecule has 0 aliphatic rings. The molecule has 17 heavy (non-hydrogen) atoms. The van der Waals surface area contributed by atoms with Gasteiger partial charge in [0, 0.05) is 5.69 Å². The van der Waals surface area contributed by atoms with Gasteiger partial charge in [0.25, 0.3) is 0 Å². The van der Waals surface area contributed by atoms with Gasteiger partial charge in [0.05, 0.1) is 11.4 Å². The Labute approximate surface area is 101 Å². The van der Waals surface area contributed by atoms with E-state index in [2.05, 4.69) is 29.3 Å². The van der Waals surface area contributed by atoms with Crippen LogP contribution in [0, 0.1) is 0 Å². The molecule has 0 bridgehead atoms. The normalized spacial score (nSPS) is 10.9. The molecule has 3 nitrogen and oxygen atoms in total. The van der Waals surface area contributed by atoms with Crippen LogP contribution in [-0.2, 0) is 6.42 Å². The minimum absolute atomic E-state index is 0.733. The van der Waals surface area contributed by atoms with Gasteiger partial charge in [-0.3, -0.25) is 0 Å². The molecular weight excluding hydrogens is 210 g/mol. The van der Waals surface area contributed by atoms with Crippen LogP contribution in [0.2, 0.25) is 0 Å². The van der Waals surface area contributed by atoms with Gasteiger partial charge in [-0.15, -0.1) is 0 Å². The Balaban J connectivity index is 2.11. The maximum Gasteiger partial charge on any atom is 0.0858 e. The third-order valence-electron chi connectivity index (χ3n) is 2.52. The van der Waals surface area contributed by atoms with E-state index < -0.39 is 0 Å². The Morgan fingerprint density at radius 2 is 1.29 bits per heavy atom. The summed E-state index contributed by atoms with van der Waals surface area (Å²) in [4.78, 5) is 0. The first-order chi connectivity index (χ1) is 8.28. The summed E-state index contributed by atoms with van der Waals surface area (Å²) in [6.45, 7) is 2.13. The number of rotatable bonds is 3. The zero-order valence-electron chi connectivity index (χ0n) is 9.80. The monoisotopic (exact) mass is 225 g/mol. The highest BCUT2D eigenvalue weighted by atomic mass is 15.1. The standard InChI is InChI=1S/C14H15N3/c1-2-11-3-7-13(8-4-11)16-17-14-9-5-12(15)6-10-14/h3-10H,2,15H2,1H3. The third kappa shape index (κ3) is 3.14. The first kappa shape index (κ1) is 11.3. The lowest BCUT2D eigenvalue weighted by Gasteiger charge is -1.97. The van der Waals surface area contributed by atoms with Crippen LogP contribution in [0.3, 0.4) is 0 Å². The summed E-state index contributed by atoms with van der Waals surface area (Å²) in [5.74, 6) is 0. The average molecular weight is 225 g/mol. The molecule has 0 aromatic heterocycles. The summed E-state index contributed by atoms with van der Waals surface area (Å²) in [5, 5.41) is 8.31. The van der Waals surface area contributed by atoms with Crippen molar-refractivity contribution in [2.75, 3.05) is 5.73 Å². The highest BCUT2D eigenvalue weighted by Crippen LogP contribution is 2.19. The smallest absolute Gasteiger partial charge is 0.0858 e. The van der Waals surface area contributed by atoms with Crippen LogP contribution in [0.4, 0.5) is 17.1 Å². The molecule has 2 aromatic rings. The van der Waals surface area contributed by atoms with Gasteiger partial charge in [-0.05, 0) is 48.4 Å². The van der Waals surface area contributed by atoms with Gasteiger partial charge in [0.2, 0.25) is 0 Å². The largest absolute Gasteiger partial charge is 0.399 e.